The molecular formula is C60H39NS. The van der Waals surface area contributed by atoms with Crippen LogP contribution in [0.3, 0.4) is 0 Å². The monoisotopic (exact) mass is 805 g/mol. The molecule has 0 aliphatic heterocycles. The van der Waals surface area contributed by atoms with E-state index in [-0.39, 0.29) is 0 Å². The second kappa shape index (κ2) is 14.0. The lowest BCUT2D eigenvalue weighted by molar-refractivity contribution is 0.852. The maximum Gasteiger partial charge on any atom is 0.0541 e. The van der Waals surface area contributed by atoms with Crippen LogP contribution in [0.25, 0.3) is 113 Å². The Balaban J connectivity index is 0.919. The van der Waals surface area contributed by atoms with Gasteiger partial charge in [0.1, 0.15) is 0 Å². The number of hydrogen-bond acceptors (Lipinski definition) is 1. The van der Waals surface area contributed by atoms with Crippen LogP contribution in [0.2, 0.25) is 0 Å². The summed E-state index contributed by atoms with van der Waals surface area (Å²) in [4.78, 5) is 0. The van der Waals surface area contributed by atoms with E-state index < -0.39 is 0 Å². The molecule has 1 unspecified atom stereocenters. The van der Waals surface area contributed by atoms with Gasteiger partial charge in [0.2, 0.25) is 0 Å². The average Bonchev–Trinajstić information content (AvgIpc) is 3.89. The van der Waals surface area contributed by atoms with E-state index in [0.29, 0.717) is 5.92 Å². The first-order valence-corrected chi connectivity index (χ1v) is 22.4. The van der Waals surface area contributed by atoms with E-state index in [2.05, 4.69) is 223 Å². The molecule has 0 radical (unpaired) electrons. The zero-order valence-electron chi connectivity index (χ0n) is 33.9. The summed E-state index contributed by atoms with van der Waals surface area (Å²) in [6.45, 7) is 0. The van der Waals surface area contributed by atoms with Crippen molar-refractivity contribution in [3.63, 3.8) is 0 Å². The van der Waals surface area contributed by atoms with Crippen LogP contribution in [0.1, 0.15) is 17.9 Å². The third-order valence-electron chi connectivity index (χ3n) is 13.3. The van der Waals surface area contributed by atoms with E-state index in [0.717, 1.165) is 6.42 Å². The summed E-state index contributed by atoms with van der Waals surface area (Å²) in [5.74, 6) is 0.303. The number of fused-ring (bicyclic) bond motifs is 12. The lowest BCUT2D eigenvalue weighted by Crippen LogP contribution is -2.03. The Bertz CT molecular complexity index is 3790. The minimum absolute atomic E-state index is 0.303. The van der Waals surface area contributed by atoms with Crippen LogP contribution in [0.15, 0.2) is 218 Å². The molecule has 0 fully saturated rings. The maximum atomic E-state index is 2.47. The highest BCUT2D eigenvalue weighted by Crippen LogP contribution is 2.46. The van der Waals surface area contributed by atoms with Gasteiger partial charge in [-0.3, -0.25) is 0 Å². The summed E-state index contributed by atoms with van der Waals surface area (Å²) in [6, 6.07) is 74.3. The molecule has 0 saturated heterocycles. The van der Waals surface area contributed by atoms with Gasteiger partial charge in [-0.1, -0.05) is 164 Å². The van der Waals surface area contributed by atoms with Crippen LogP contribution in [-0.4, -0.2) is 4.57 Å². The number of para-hydroxylation sites is 1. The molecule has 1 atom stereocenters. The van der Waals surface area contributed by atoms with E-state index in [9.17, 15) is 0 Å². The Morgan fingerprint density at radius 2 is 0.968 bits per heavy atom. The largest absolute Gasteiger partial charge is 0.310 e. The van der Waals surface area contributed by atoms with Crippen molar-refractivity contribution < 1.29 is 0 Å². The second-order valence-corrected chi connectivity index (χ2v) is 17.8. The molecule has 13 rings (SSSR count). The highest BCUT2D eigenvalue weighted by atomic mass is 32.1. The highest BCUT2D eigenvalue weighted by Gasteiger charge is 2.20. The van der Waals surface area contributed by atoms with Crippen LogP contribution in [0.5, 0.6) is 0 Å². The number of hydrogen-bond donors (Lipinski definition) is 0. The Kier molecular flexibility index (Phi) is 7.98. The van der Waals surface area contributed by atoms with Crippen molar-refractivity contribution in [2.75, 3.05) is 0 Å². The molecule has 1 aliphatic rings. The Labute approximate surface area is 363 Å². The third kappa shape index (κ3) is 5.54. The predicted molar refractivity (Wildman–Crippen MR) is 268 cm³/mol. The average molecular weight is 806 g/mol. The lowest BCUT2D eigenvalue weighted by Gasteiger charge is -2.20. The lowest BCUT2D eigenvalue weighted by atomic mass is 9.87. The Morgan fingerprint density at radius 1 is 0.387 bits per heavy atom. The summed E-state index contributed by atoms with van der Waals surface area (Å²) in [6.07, 6.45) is 8.16. The topological polar surface area (TPSA) is 4.93 Å². The standard InChI is InChI=1S/C60H39NS/c1-3-13-38(14-4-1)42-27-32-59-55(34-42)56-37-44(39-15-5-2-6-16-39)36-52(60(56)62-59)43-26-31-58-54(35-43)51-21-11-12-22-57(51)61(58)45-28-23-40(24-29-45)41-25-30-50-48-19-8-7-17-46(48)47-18-9-10-20-49(47)53(50)33-41/h1-23,25-37,40H,24H2. The van der Waals surface area contributed by atoms with Crippen molar-refractivity contribution in [2.24, 2.45) is 0 Å². The van der Waals surface area contributed by atoms with Crippen LogP contribution in [-0.2, 0) is 0 Å². The van der Waals surface area contributed by atoms with Gasteiger partial charge in [0, 0.05) is 48.1 Å². The van der Waals surface area contributed by atoms with E-state index in [1.807, 2.05) is 11.3 Å². The molecule has 0 spiro atoms. The molecule has 62 heavy (non-hydrogen) atoms. The number of thiophene rings is 1. The third-order valence-corrected chi connectivity index (χ3v) is 14.5. The van der Waals surface area contributed by atoms with Gasteiger partial charge in [-0.2, -0.15) is 0 Å². The van der Waals surface area contributed by atoms with Gasteiger partial charge >= 0.3 is 0 Å². The fourth-order valence-corrected chi connectivity index (χ4v) is 11.5. The maximum absolute atomic E-state index is 2.47. The Morgan fingerprint density at radius 3 is 1.68 bits per heavy atom. The minimum atomic E-state index is 0.303. The quantitative estimate of drug-likeness (QED) is 0.153. The first-order chi connectivity index (χ1) is 30.7. The SMILES string of the molecule is C1=CC(c2ccc3c4ccccc4c4ccccc4c3c2)CC=C1n1c2ccccc2c2cc(-c3cc(-c4ccccc4)cc4c3sc3ccc(-c5ccccc5)cc34)ccc21. The van der Waals surface area contributed by atoms with Crippen molar-refractivity contribution in [2.45, 2.75) is 12.3 Å². The molecular weight excluding hydrogens is 767 g/mol. The minimum Gasteiger partial charge on any atom is -0.310 e. The zero-order valence-corrected chi connectivity index (χ0v) is 34.7. The molecule has 2 heterocycles. The van der Waals surface area contributed by atoms with Crippen molar-refractivity contribution in [3.05, 3.63) is 224 Å². The molecule has 290 valence electrons. The Hall–Kier alpha value is -7.52. The van der Waals surface area contributed by atoms with Crippen LogP contribution in [0, 0.1) is 0 Å². The number of nitrogens with zero attached hydrogens (tertiary/aromatic N) is 1. The molecule has 10 aromatic carbocycles. The summed E-state index contributed by atoms with van der Waals surface area (Å²) < 4.78 is 5.11. The van der Waals surface area contributed by atoms with Crippen molar-refractivity contribution in [1.82, 2.24) is 4.57 Å². The van der Waals surface area contributed by atoms with Crippen LogP contribution in [0.4, 0.5) is 0 Å². The van der Waals surface area contributed by atoms with E-state index in [1.165, 1.54) is 119 Å². The first kappa shape index (κ1) is 35.3. The number of allylic oxidation sites excluding steroid dienone is 4. The normalized spacial score (nSPS) is 14.3. The fourth-order valence-electron chi connectivity index (χ4n) is 10.3. The molecule has 0 bridgehead atoms. The number of aromatic nitrogens is 1. The second-order valence-electron chi connectivity index (χ2n) is 16.8. The molecule has 2 aromatic heterocycles. The molecule has 0 N–H and O–H groups in total. The molecule has 2 heteroatoms. The molecule has 0 amide bonds. The predicted octanol–water partition coefficient (Wildman–Crippen LogP) is 17.2. The summed E-state index contributed by atoms with van der Waals surface area (Å²) in [7, 11) is 0. The number of benzene rings is 10. The van der Waals surface area contributed by atoms with E-state index >= 15 is 0 Å². The van der Waals surface area contributed by atoms with E-state index in [4.69, 9.17) is 0 Å². The van der Waals surface area contributed by atoms with Crippen molar-refractivity contribution in [1.29, 1.82) is 0 Å². The molecule has 0 saturated carbocycles. The fraction of sp³-hybridized carbons (Fsp3) is 0.0333. The summed E-state index contributed by atoms with van der Waals surface area (Å²) in [5, 5.41) is 13.1. The van der Waals surface area contributed by atoms with Gasteiger partial charge in [0.05, 0.1) is 11.0 Å². The van der Waals surface area contributed by atoms with Gasteiger partial charge in [-0.15, -0.1) is 11.3 Å². The van der Waals surface area contributed by atoms with Crippen LogP contribution < -0.4 is 0 Å². The van der Waals surface area contributed by atoms with Crippen molar-refractivity contribution in [3.8, 4) is 33.4 Å². The van der Waals surface area contributed by atoms with Gasteiger partial charge < -0.3 is 4.57 Å². The van der Waals surface area contributed by atoms with E-state index in [1.54, 1.807) is 0 Å². The van der Waals surface area contributed by atoms with Gasteiger partial charge in [-0.25, -0.2) is 0 Å². The number of rotatable bonds is 5. The zero-order chi connectivity index (χ0) is 40.7. The van der Waals surface area contributed by atoms with Gasteiger partial charge in [0.25, 0.3) is 0 Å². The van der Waals surface area contributed by atoms with Gasteiger partial charge in [0.15, 0.2) is 0 Å². The molecule has 1 aliphatic carbocycles. The highest BCUT2D eigenvalue weighted by molar-refractivity contribution is 7.26. The first-order valence-electron chi connectivity index (χ1n) is 21.6. The molecule has 12 aromatic rings. The smallest absolute Gasteiger partial charge is 0.0541 e. The van der Waals surface area contributed by atoms with Crippen LogP contribution >= 0.6 is 11.3 Å². The van der Waals surface area contributed by atoms with Crippen molar-refractivity contribution >= 4 is 91.3 Å². The van der Waals surface area contributed by atoms with Gasteiger partial charge in [-0.05, 0) is 127 Å². The summed E-state index contributed by atoms with van der Waals surface area (Å²) in [5.41, 5.74) is 12.5. The molecule has 1 nitrogen and oxygen atoms in total. The summed E-state index contributed by atoms with van der Waals surface area (Å²) >= 11 is 1.90.